The zero-order valence-corrected chi connectivity index (χ0v) is 15.6. The van der Waals surface area contributed by atoms with Crippen LogP contribution in [0.1, 0.15) is 11.1 Å². The molecule has 0 saturated heterocycles. The molecule has 0 fully saturated rings. The van der Waals surface area contributed by atoms with Gasteiger partial charge < -0.3 is 13.9 Å². The number of aromatic nitrogens is 2. The number of nitrogens with zero attached hydrogens (tertiary/aromatic N) is 2. The van der Waals surface area contributed by atoms with Gasteiger partial charge in [-0.3, -0.25) is 0 Å². The second-order valence-corrected chi connectivity index (χ2v) is 6.74. The minimum absolute atomic E-state index is 0.0755. The maximum Gasteiger partial charge on any atom is 0.387 e. The number of benzene rings is 2. The van der Waals surface area contributed by atoms with Crippen LogP contribution in [0, 0.1) is 13.8 Å². The van der Waals surface area contributed by atoms with Crippen LogP contribution in [-0.2, 0) is 0 Å². The highest BCUT2D eigenvalue weighted by atomic mass is 32.2. The van der Waals surface area contributed by atoms with E-state index >= 15 is 0 Å². The largest absolute Gasteiger partial charge is 0.492 e. The highest BCUT2D eigenvalue weighted by Gasteiger charge is 2.11. The molecule has 0 bridgehead atoms. The summed E-state index contributed by atoms with van der Waals surface area (Å²) in [5, 5.41) is 8.38. The zero-order chi connectivity index (χ0) is 19.2. The fraction of sp³-hybridized carbons (Fsp3) is 0.263. The third-order valence-electron chi connectivity index (χ3n) is 3.70. The number of alkyl halides is 2. The Hall–Kier alpha value is -2.61. The molecule has 0 amide bonds. The van der Waals surface area contributed by atoms with Gasteiger partial charge in [0.05, 0.1) is 6.61 Å². The summed E-state index contributed by atoms with van der Waals surface area (Å²) in [6.45, 7) is 1.68. The summed E-state index contributed by atoms with van der Waals surface area (Å²) in [4.78, 5) is 0. The number of rotatable bonds is 8. The molecule has 0 spiro atoms. The van der Waals surface area contributed by atoms with E-state index in [9.17, 15) is 8.78 Å². The van der Waals surface area contributed by atoms with Crippen molar-refractivity contribution in [3.63, 3.8) is 0 Å². The molecule has 142 valence electrons. The molecule has 3 rings (SSSR count). The molecule has 3 aromatic rings. The lowest BCUT2D eigenvalue weighted by molar-refractivity contribution is -0.0498. The lowest BCUT2D eigenvalue weighted by atomic mass is 10.1. The van der Waals surface area contributed by atoms with Crippen molar-refractivity contribution in [1.82, 2.24) is 10.2 Å². The van der Waals surface area contributed by atoms with Crippen molar-refractivity contribution in [3.8, 4) is 23.0 Å². The molecule has 0 aliphatic rings. The Labute approximate surface area is 159 Å². The maximum atomic E-state index is 12.2. The van der Waals surface area contributed by atoms with Crippen molar-refractivity contribution in [3.05, 3.63) is 53.6 Å². The number of hydrogen-bond acceptors (Lipinski definition) is 6. The van der Waals surface area contributed by atoms with Crippen molar-refractivity contribution in [2.45, 2.75) is 25.7 Å². The van der Waals surface area contributed by atoms with Gasteiger partial charge in [-0.25, -0.2) is 0 Å². The van der Waals surface area contributed by atoms with Crippen LogP contribution >= 0.6 is 11.8 Å². The first-order valence-electron chi connectivity index (χ1n) is 8.23. The van der Waals surface area contributed by atoms with E-state index in [1.807, 2.05) is 32.0 Å². The molecule has 0 atom stereocenters. The average molecular weight is 392 g/mol. The summed E-state index contributed by atoms with van der Waals surface area (Å²) in [5.74, 6) is 1.94. The summed E-state index contributed by atoms with van der Waals surface area (Å²) in [7, 11) is 0. The van der Waals surface area contributed by atoms with Crippen LogP contribution in [-0.4, -0.2) is 29.2 Å². The predicted molar refractivity (Wildman–Crippen MR) is 98.5 cm³/mol. The SMILES string of the molecule is Cc1cccc(C)c1OCCSc1nnc(-c2ccc(OC(F)F)cc2)o1. The fourth-order valence-corrected chi connectivity index (χ4v) is 3.04. The van der Waals surface area contributed by atoms with Gasteiger partial charge in [0.2, 0.25) is 5.89 Å². The lowest BCUT2D eigenvalue weighted by Gasteiger charge is -2.10. The number of aryl methyl sites for hydroxylation is 2. The molecule has 8 heteroatoms. The van der Waals surface area contributed by atoms with Crippen LogP contribution in [0.2, 0.25) is 0 Å². The standard InChI is InChI=1S/C19H18F2N2O3S/c1-12-4-3-5-13(2)16(12)24-10-11-27-19-23-22-17(26-19)14-6-8-15(9-7-14)25-18(20)21/h3-9,18H,10-11H2,1-2H3. The minimum atomic E-state index is -2.85. The number of halogens is 2. The van der Waals surface area contributed by atoms with Gasteiger partial charge in [0.1, 0.15) is 11.5 Å². The molecule has 1 heterocycles. The van der Waals surface area contributed by atoms with Gasteiger partial charge in [-0.1, -0.05) is 30.0 Å². The fourth-order valence-electron chi connectivity index (χ4n) is 2.46. The quantitative estimate of drug-likeness (QED) is 0.391. The lowest BCUT2D eigenvalue weighted by Crippen LogP contribution is -2.02. The smallest absolute Gasteiger partial charge is 0.387 e. The first-order valence-corrected chi connectivity index (χ1v) is 9.22. The molecule has 27 heavy (non-hydrogen) atoms. The highest BCUT2D eigenvalue weighted by molar-refractivity contribution is 7.99. The summed E-state index contributed by atoms with van der Waals surface area (Å²) in [6.07, 6.45) is 0. The minimum Gasteiger partial charge on any atom is -0.492 e. The molecule has 5 nitrogen and oxygen atoms in total. The molecule has 0 aliphatic carbocycles. The second kappa shape index (κ2) is 8.85. The van der Waals surface area contributed by atoms with Crippen molar-refractivity contribution < 1.29 is 22.7 Å². The van der Waals surface area contributed by atoms with Gasteiger partial charge in [-0.2, -0.15) is 8.78 Å². The molecule has 1 aromatic heterocycles. The first kappa shape index (κ1) is 19.2. The Morgan fingerprint density at radius 2 is 1.74 bits per heavy atom. The van der Waals surface area contributed by atoms with Gasteiger partial charge >= 0.3 is 6.61 Å². The van der Waals surface area contributed by atoms with Crippen LogP contribution in [0.4, 0.5) is 8.78 Å². The average Bonchev–Trinajstić information content (AvgIpc) is 3.10. The highest BCUT2D eigenvalue weighted by Crippen LogP contribution is 2.26. The number of thioether (sulfide) groups is 1. The van der Waals surface area contributed by atoms with Gasteiger partial charge in [0, 0.05) is 11.3 Å². The third-order valence-corrected chi connectivity index (χ3v) is 4.48. The molecular weight excluding hydrogens is 374 g/mol. The van der Waals surface area contributed by atoms with E-state index in [0.29, 0.717) is 29.0 Å². The molecule has 2 aromatic carbocycles. The van der Waals surface area contributed by atoms with Crippen molar-refractivity contribution >= 4 is 11.8 Å². The summed E-state index contributed by atoms with van der Waals surface area (Å²) in [6, 6.07) is 12.1. The van der Waals surface area contributed by atoms with E-state index in [2.05, 4.69) is 14.9 Å². The molecule has 0 aliphatic heterocycles. The molecule has 0 N–H and O–H groups in total. The van der Waals surface area contributed by atoms with Crippen LogP contribution < -0.4 is 9.47 Å². The maximum absolute atomic E-state index is 12.2. The van der Waals surface area contributed by atoms with Gasteiger partial charge in [-0.15, -0.1) is 10.2 Å². The molecular formula is C19H18F2N2O3S. The Morgan fingerprint density at radius 3 is 2.41 bits per heavy atom. The van der Waals surface area contributed by atoms with Crippen LogP contribution in [0.5, 0.6) is 11.5 Å². The van der Waals surface area contributed by atoms with E-state index in [4.69, 9.17) is 9.15 Å². The van der Waals surface area contributed by atoms with Crippen molar-refractivity contribution in [2.24, 2.45) is 0 Å². The van der Waals surface area contributed by atoms with E-state index < -0.39 is 6.61 Å². The molecule has 0 radical (unpaired) electrons. The summed E-state index contributed by atoms with van der Waals surface area (Å²) in [5.41, 5.74) is 2.82. The van der Waals surface area contributed by atoms with Crippen LogP contribution in [0.25, 0.3) is 11.5 Å². The normalized spacial score (nSPS) is 11.0. The third kappa shape index (κ3) is 5.19. The molecule has 0 saturated carbocycles. The van der Waals surface area contributed by atoms with E-state index in [1.54, 1.807) is 12.1 Å². The van der Waals surface area contributed by atoms with Crippen molar-refractivity contribution in [1.29, 1.82) is 0 Å². The van der Waals surface area contributed by atoms with Crippen LogP contribution in [0.15, 0.2) is 52.1 Å². The first-order chi connectivity index (χ1) is 13.0. The zero-order valence-electron chi connectivity index (χ0n) is 14.8. The van der Waals surface area contributed by atoms with Gasteiger partial charge in [0.25, 0.3) is 5.22 Å². The monoisotopic (exact) mass is 392 g/mol. The number of ether oxygens (including phenoxy) is 2. The van der Waals surface area contributed by atoms with Gasteiger partial charge in [-0.05, 0) is 49.2 Å². The predicted octanol–water partition coefficient (Wildman–Crippen LogP) is 5.13. The van der Waals surface area contributed by atoms with Crippen molar-refractivity contribution in [2.75, 3.05) is 12.4 Å². The van der Waals surface area contributed by atoms with E-state index in [1.165, 1.54) is 23.9 Å². The van der Waals surface area contributed by atoms with Crippen LogP contribution in [0.3, 0.4) is 0 Å². The number of para-hydroxylation sites is 1. The molecule has 0 unspecified atom stereocenters. The van der Waals surface area contributed by atoms with E-state index in [-0.39, 0.29) is 5.75 Å². The summed E-state index contributed by atoms with van der Waals surface area (Å²) >= 11 is 1.39. The Bertz CT molecular complexity index is 865. The topological polar surface area (TPSA) is 57.4 Å². The second-order valence-electron chi connectivity index (χ2n) is 5.69. The Morgan fingerprint density at radius 1 is 1.04 bits per heavy atom. The Kier molecular flexibility index (Phi) is 6.28. The van der Waals surface area contributed by atoms with Gasteiger partial charge in [0.15, 0.2) is 0 Å². The number of hydrogen-bond donors (Lipinski definition) is 0. The van der Waals surface area contributed by atoms with E-state index in [0.717, 1.165) is 16.9 Å². The summed E-state index contributed by atoms with van der Waals surface area (Å²) < 4.78 is 40.1. The Balaban J connectivity index is 1.52.